The van der Waals surface area contributed by atoms with Crippen LogP contribution in [-0.2, 0) is 11.2 Å². The molecule has 0 bridgehead atoms. The van der Waals surface area contributed by atoms with Crippen molar-refractivity contribution < 1.29 is 19.8 Å². The second kappa shape index (κ2) is 5.16. The van der Waals surface area contributed by atoms with E-state index in [4.69, 9.17) is 0 Å². The zero-order chi connectivity index (χ0) is 14.9. The molecule has 1 N–H and O–H groups in total. The van der Waals surface area contributed by atoms with E-state index in [1.807, 2.05) is 0 Å². The standard InChI is InChI=1S/C14H13NO5/c1-7-9(3-5-12(16)17)13(18)10-6-8(14(19)20)2-4-11(10)15-7/h2,4,6H,3,5H2,1H3,(H,15,18)(H,16,17)(H,19,20)/p-2. The lowest BCUT2D eigenvalue weighted by Gasteiger charge is -2.10. The number of carbonyl (C=O) groups excluding carboxylic acids is 2. The average Bonchev–Trinajstić information content (AvgIpc) is 2.37. The Bertz CT molecular complexity index is 760. The van der Waals surface area contributed by atoms with E-state index in [0.717, 1.165) is 0 Å². The van der Waals surface area contributed by atoms with Gasteiger partial charge in [0.05, 0.1) is 5.97 Å². The van der Waals surface area contributed by atoms with Crippen molar-refractivity contribution >= 4 is 22.8 Å². The number of pyridine rings is 1. The number of benzene rings is 1. The molecule has 0 aliphatic rings. The third kappa shape index (κ3) is 2.54. The highest BCUT2D eigenvalue weighted by atomic mass is 16.4. The first-order chi connectivity index (χ1) is 9.40. The minimum Gasteiger partial charge on any atom is -0.550 e. The van der Waals surface area contributed by atoms with Crippen LogP contribution in [0.5, 0.6) is 0 Å². The van der Waals surface area contributed by atoms with Crippen molar-refractivity contribution in [3.63, 3.8) is 0 Å². The number of H-pyrrole nitrogens is 1. The van der Waals surface area contributed by atoms with Crippen LogP contribution in [0.4, 0.5) is 0 Å². The Morgan fingerprint density at radius 2 is 1.95 bits per heavy atom. The molecule has 0 unspecified atom stereocenters. The fraction of sp³-hybridized carbons (Fsp3) is 0.214. The zero-order valence-electron chi connectivity index (χ0n) is 10.7. The van der Waals surface area contributed by atoms with Gasteiger partial charge in [0.15, 0.2) is 5.43 Å². The third-order valence-corrected chi connectivity index (χ3v) is 3.13. The number of aryl methyl sites for hydroxylation is 1. The van der Waals surface area contributed by atoms with Crippen LogP contribution < -0.4 is 15.6 Å². The summed E-state index contributed by atoms with van der Waals surface area (Å²) in [6.45, 7) is 1.66. The zero-order valence-corrected chi connectivity index (χ0v) is 10.7. The Kier molecular flexibility index (Phi) is 3.56. The van der Waals surface area contributed by atoms with Crippen LogP contribution in [0.2, 0.25) is 0 Å². The lowest BCUT2D eigenvalue weighted by atomic mass is 10.0. The summed E-state index contributed by atoms with van der Waals surface area (Å²) in [5.74, 6) is -2.62. The Labute approximate surface area is 113 Å². The molecular weight excluding hydrogens is 262 g/mol. The van der Waals surface area contributed by atoms with Crippen LogP contribution >= 0.6 is 0 Å². The van der Waals surface area contributed by atoms with Crippen LogP contribution in [0.25, 0.3) is 10.9 Å². The maximum atomic E-state index is 12.3. The number of aromatic amines is 1. The Balaban J connectivity index is 2.62. The predicted octanol–water partition coefficient (Wildman–Crippen LogP) is -1.12. The fourth-order valence-corrected chi connectivity index (χ4v) is 2.11. The lowest BCUT2D eigenvalue weighted by Crippen LogP contribution is -2.25. The molecule has 0 amide bonds. The van der Waals surface area contributed by atoms with Crippen molar-refractivity contribution in [2.45, 2.75) is 19.8 Å². The number of hydrogen-bond acceptors (Lipinski definition) is 5. The highest BCUT2D eigenvalue weighted by Crippen LogP contribution is 2.14. The first-order valence-corrected chi connectivity index (χ1v) is 5.97. The van der Waals surface area contributed by atoms with Crippen LogP contribution in [0.1, 0.15) is 28.0 Å². The van der Waals surface area contributed by atoms with Crippen molar-refractivity contribution in [1.82, 2.24) is 4.98 Å². The number of carboxylic acids is 2. The summed E-state index contributed by atoms with van der Waals surface area (Å²) in [6, 6.07) is 4.05. The Morgan fingerprint density at radius 3 is 2.55 bits per heavy atom. The summed E-state index contributed by atoms with van der Waals surface area (Å²) in [5, 5.41) is 21.5. The van der Waals surface area contributed by atoms with Gasteiger partial charge in [-0.05, 0) is 37.5 Å². The first kappa shape index (κ1) is 13.8. The molecule has 0 aliphatic carbocycles. The van der Waals surface area contributed by atoms with Gasteiger partial charge in [0.25, 0.3) is 0 Å². The highest BCUT2D eigenvalue weighted by molar-refractivity contribution is 5.92. The first-order valence-electron chi connectivity index (χ1n) is 5.97. The molecule has 1 aromatic carbocycles. The van der Waals surface area contributed by atoms with Crippen molar-refractivity contribution in [3.8, 4) is 0 Å². The number of hydrogen-bond donors (Lipinski definition) is 1. The Hall–Kier alpha value is -2.63. The molecule has 0 saturated carbocycles. The molecule has 0 atom stereocenters. The number of aliphatic carboxylic acids is 1. The molecule has 0 fully saturated rings. The van der Waals surface area contributed by atoms with Crippen LogP contribution in [0.3, 0.4) is 0 Å². The van der Waals surface area contributed by atoms with Gasteiger partial charge in [-0.2, -0.15) is 0 Å². The molecule has 0 saturated heterocycles. The number of rotatable bonds is 4. The highest BCUT2D eigenvalue weighted by Gasteiger charge is 2.10. The van der Waals surface area contributed by atoms with Gasteiger partial charge in [0, 0.05) is 28.1 Å². The van der Waals surface area contributed by atoms with Gasteiger partial charge in [-0.25, -0.2) is 0 Å². The maximum Gasteiger partial charge on any atom is 0.192 e. The molecule has 1 heterocycles. The van der Waals surface area contributed by atoms with E-state index < -0.39 is 11.9 Å². The summed E-state index contributed by atoms with van der Waals surface area (Å²) >= 11 is 0. The van der Waals surface area contributed by atoms with Gasteiger partial charge in [0.2, 0.25) is 0 Å². The van der Waals surface area contributed by atoms with E-state index in [2.05, 4.69) is 4.98 Å². The molecule has 2 aromatic rings. The van der Waals surface area contributed by atoms with E-state index in [9.17, 15) is 24.6 Å². The van der Waals surface area contributed by atoms with Crippen LogP contribution in [0, 0.1) is 6.92 Å². The summed E-state index contributed by atoms with van der Waals surface area (Å²) in [7, 11) is 0. The molecule has 2 rings (SSSR count). The van der Waals surface area contributed by atoms with Gasteiger partial charge in [0.1, 0.15) is 0 Å². The second-order valence-corrected chi connectivity index (χ2v) is 4.48. The van der Waals surface area contributed by atoms with E-state index in [-0.39, 0.29) is 29.2 Å². The van der Waals surface area contributed by atoms with E-state index in [0.29, 0.717) is 16.8 Å². The van der Waals surface area contributed by atoms with Crippen molar-refractivity contribution in [3.05, 3.63) is 45.2 Å². The van der Waals surface area contributed by atoms with E-state index in [1.54, 1.807) is 6.92 Å². The minimum absolute atomic E-state index is 0.0367. The largest absolute Gasteiger partial charge is 0.550 e. The predicted molar refractivity (Wildman–Crippen MR) is 67.0 cm³/mol. The molecule has 6 nitrogen and oxygen atoms in total. The number of nitrogens with one attached hydrogen (secondary N) is 1. The fourth-order valence-electron chi connectivity index (χ4n) is 2.11. The second-order valence-electron chi connectivity index (χ2n) is 4.48. The number of carboxylic acid groups (broad SMARTS) is 2. The number of carbonyl (C=O) groups is 2. The summed E-state index contributed by atoms with van der Waals surface area (Å²) in [6.07, 6.45) is -0.232. The van der Waals surface area contributed by atoms with Crippen molar-refractivity contribution in [2.24, 2.45) is 0 Å². The normalized spacial score (nSPS) is 10.7. The van der Waals surface area contributed by atoms with Gasteiger partial charge in [-0.3, -0.25) is 4.79 Å². The van der Waals surface area contributed by atoms with Crippen molar-refractivity contribution in [2.75, 3.05) is 0 Å². The minimum atomic E-state index is -1.37. The number of aromatic nitrogens is 1. The average molecular weight is 273 g/mol. The maximum absolute atomic E-state index is 12.3. The summed E-state index contributed by atoms with van der Waals surface area (Å²) in [4.78, 5) is 36.6. The van der Waals surface area contributed by atoms with E-state index >= 15 is 0 Å². The number of aromatic carboxylic acids is 1. The summed E-state index contributed by atoms with van der Waals surface area (Å²) in [5.41, 5.74) is 0.898. The third-order valence-electron chi connectivity index (χ3n) is 3.13. The molecule has 20 heavy (non-hydrogen) atoms. The summed E-state index contributed by atoms with van der Waals surface area (Å²) < 4.78 is 0. The number of fused-ring (bicyclic) bond motifs is 1. The monoisotopic (exact) mass is 273 g/mol. The molecule has 6 heteroatoms. The smallest absolute Gasteiger partial charge is 0.192 e. The molecule has 0 radical (unpaired) electrons. The molecule has 1 aromatic heterocycles. The van der Waals surface area contributed by atoms with Gasteiger partial charge >= 0.3 is 0 Å². The van der Waals surface area contributed by atoms with Crippen LogP contribution in [-0.4, -0.2) is 16.9 Å². The molecule has 0 spiro atoms. The lowest BCUT2D eigenvalue weighted by molar-refractivity contribution is -0.305. The van der Waals surface area contributed by atoms with Crippen molar-refractivity contribution in [1.29, 1.82) is 0 Å². The molecular formula is C14H11NO5-2. The molecule has 104 valence electrons. The Morgan fingerprint density at radius 1 is 1.25 bits per heavy atom. The quantitative estimate of drug-likeness (QED) is 0.758. The van der Waals surface area contributed by atoms with Gasteiger partial charge in [-0.1, -0.05) is 6.07 Å². The van der Waals surface area contributed by atoms with Gasteiger partial charge in [-0.15, -0.1) is 0 Å². The van der Waals surface area contributed by atoms with Crippen LogP contribution in [0.15, 0.2) is 23.0 Å². The van der Waals surface area contributed by atoms with Gasteiger partial charge < -0.3 is 24.8 Å². The van der Waals surface area contributed by atoms with E-state index in [1.165, 1.54) is 18.2 Å². The SMILES string of the molecule is Cc1[nH]c2ccc(C(=O)[O-])cc2c(=O)c1CCC(=O)[O-]. The topological polar surface area (TPSA) is 113 Å². The molecule has 0 aliphatic heterocycles.